The van der Waals surface area contributed by atoms with Gasteiger partial charge in [0.05, 0.1) is 29.8 Å². The number of rotatable bonds is 6. The van der Waals surface area contributed by atoms with Crippen LogP contribution in [0.25, 0.3) is 17.4 Å². The number of thioether (sulfide) groups is 1. The lowest BCUT2D eigenvalue weighted by Gasteiger charge is -2.16. The fraction of sp³-hybridized carbons (Fsp3) is 0.0714. The van der Waals surface area contributed by atoms with E-state index < -0.39 is 0 Å². The van der Waals surface area contributed by atoms with Gasteiger partial charge in [0.2, 0.25) is 0 Å². The minimum atomic E-state index is -0.213. The van der Waals surface area contributed by atoms with Crippen molar-refractivity contribution in [2.75, 3.05) is 19.1 Å². The van der Waals surface area contributed by atoms with Crippen molar-refractivity contribution in [3.63, 3.8) is 0 Å². The maximum atomic E-state index is 13.6. The normalized spacial score (nSPS) is 15.6. The Kier molecular flexibility index (Phi) is 6.84. The Morgan fingerprint density at radius 3 is 2.42 bits per heavy atom. The lowest BCUT2D eigenvalue weighted by Crippen LogP contribution is -2.28. The third-order valence-electron chi connectivity index (χ3n) is 5.48. The van der Waals surface area contributed by atoms with E-state index in [1.165, 1.54) is 11.8 Å². The molecule has 1 aliphatic heterocycles. The molecule has 0 aliphatic carbocycles. The molecule has 0 unspecified atom stereocenters. The second kappa shape index (κ2) is 10.4. The van der Waals surface area contributed by atoms with Crippen molar-refractivity contribution in [1.29, 1.82) is 0 Å². The predicted molar refractivity (Wildman–Crippen MR) is 145 cm³/mol. The highest BCUT2D eigenvalue weighted by Crippen LogP contribution is 2.40. The Bertz CT molecular complexity index is 1480. The van der Waals surface area contributed by atoms with E-state index in [4.69, 9.17) is 30.5 Å². The quantitative estimate of drug-likeness (QED) is 0.249. The number of nitrogens with zero attached hydrogens (tertiary/aromatic N) is 2. The summed E-state index contributed by atoms with van der Waals surface area (Å²) in [7, 11) is 3.19. The monoisotopic (exact) mass is 516 g/mol. The third-order valence-corrected chi connectivity index (χ3v) is 6.78. The van der Waals surface area contributed by atoms with Crippen molar-refractivity contribution in [3.8, 4) is 22.8 Å². The van der Waals surface area contributed by atoms with Crippen LogP contribution in [0.3, 0.4) is 0 Å². The number of para-hydroxylation sites is 2. The molecule has 4 aromatic rings. The molecular weight excluding hydrogens is 496 g/mol. The molecular formula is C28H21ClN2O4S. The smallest absolute Gasteiger partial charge is 0.271 e. The molecule has 1 fully saturated rings. The van der Waals surface area contributed by atoms with Gasteiger partial charge in [-0.3, -0.25) is 9.69 Å². The van der Waals surface area contributed by atoms with Crippen molar-refractivity contribution in [3.05, 3.63) is 101 Å². The minimum Gasteiger partial charge on any atom is -0.497 e. The van der Waals surface area contributed by atoms with Crippen LogP contribution in [-0.2, 0) is 4.79 Å². The summed E-state index contributed by atoms with van der Waals surface area (Å²) in [6, 6.07) is 25.8. The molecule has 2 heterocycles. The van der Waals surface area contributed by atoms with Crippen LogP contribution in [0.5, 0.6) is 11.5 Å². The van der Waals surface area contributed by atoms with Crippen LogP contribution in [0.15, 0.2) is 99.2 Å². The molecule has 3 aromatic carbocycles. The van der Waals surface area contributed by atoms with Gasteiger partial charge in [-0.2, -0.15) is 0 Å². The second-order valence-electron chi connectivity index (χ2n) is 7.70. The average Bonchev–Trinajstić information content (AvgIpc) is 3.49. The minimum absolute atomic E-state index is 0.213. The standard InChI is InChI=1S/C28H21ClN2O4S/c1-33-19-13-11-18(12-14-19)31-27(32)26(36-28(31)30-23-9-5-6-10-25(23)34-2)17-20-15-16-24(35-20)21-7-3-4-8-22(21)29/h3-17H,1-2H3/b26-17+,30-28?. The predicted octanol–water partition coefficient (Wildman–Crippen LogP) is 7.43. The van der Waals surface area contributed by atoms with E-state index in [2.05, 4.69) is 0 Å². The molecule has 36 heavy (non-hydrogen) atoms. The number of hydrogen-bond acceptors (Lipinski definition) is 6. The van der Waals surface area contributed by atoms with Gasteiger partial charge in [-0.15, -0.1) is 0 Å². The fourth-order valence-corrected chi connectivity index (χ4v) is 4.90. The maximum absolute atomic E-state index is 13.6. The third kappa shape index (κ3) is 4.76. The number of benzene rings is 3. The first-order chi connectivity index (χ1) is 17.6. The summed E-state index contributed by atoms with van der Waals surface area (Å²) in [5, 5.41) is 1.09. The van der Waals surface area contributed by atoms with Crippen LogP contribution in [0.2, 0.25) is 5.02 Å². The van der Waals surface area contributed by atoms with Gasteiger partial charge in [0.25, 0.3) is 5.91 Å². The molecule has 0 radical (unpaired) electrons. The Morgan fingerprint density at radius 1 is 0.917 bits per heavy atom. The summed E-state index contributed by atoms with van der Waals surface area (Å²) >= 11 is 7.58. The van der Waals surface area contributed by atoms with E-state index in [1.54, 1.807) is 43.4 Å². The number of carbonyl (C=O) groups is 1. The molecule has 6 nitrogen and oxygen atoms in total. The second-order valence-corrected chi connectivity index (χ2v) is 9.11. The van der Waals surface area contributed by atoms with E-state index in [0.29, 0.717) is 49.5 Å². The van der Waals surface area contributed by atoms with Gasteiger partial charge in [-0.25, -0.2) is 4.99 Å². The van der Waals surface area contributed by atoms with Crippen LogP contribution in [0.4, 0.5) is 11.4 Å². The SMILES string of the molecule is COc1ccc(N2C(=O)/C(=C\c3ccc(-c4ccccc4Cl)o3)SC2=Nc2ccccc2OC)cc1. The molecule has 0 bridgehead atoms. The zero-order chi connectivity index (χ0) is 25.1. The van der Waals surface area contributed by atoms with Crippen molar-refractivity contribution in [2.24, 2.45) is 4.99 Å². The molecule has 5 rings (SSSR count). The fourth-order valence-electron chi connectivity index (χ4n) is 3.70. The molecule has 0 saturated carbocycles. The number of furan rings is 1. The largest absolute Gasteiger partial charge is 0.497 e. The molecule has 180 valence electrons. The topological polar surface area (TPSA) is 64.3 Å². The number of amides is 1. The molecule has 1 saturated heterocycles. The molecule has 0 atom stereocenters. The molecule has 1 aromatic heterocycles. The number of anilines is 1. The Labute approximate surface area is 217 Å². The van der Waals surface area contributed by atoms with Crippen LogP contribution in [0, 0.1) is 0 Å². The first-order valence-electron chi connectivity index (χ1n) is 11.0. The van der Waals surface area contributed by atoms with Crippen LogP contribution < -0.4 is 14.4 Å². The molecule has 1 aliphatic rings. The summed E-state index contributed by atoms with van der Waals surface area (Å²) in [6.07, 6.45) is 1.72. The number of methoxy groups -OCH3 is 2. The number of halogens is 1. The number of carbonyl (C=O) groups excluding carboxylic acids is 1. The van der Waals surface area contributed by atoms with E-state index in [9.17, 15) is 4.79 Å². The van der Waals surface area contributed by atoms with Crippen molar-refractivity contribution in [1.82, 2.24) is 0 Å². The van der Waals surface area contributed by atoms with Crippen LogP contribution >= 0.6 is 23.4 Å². The van der Waals surface area contributed by atoms with Crippen LogP contribution in [0.1, 0.15) is 5.76 Å². The highest BCUT2D eigenvalue weighted by atomic mass is 35.5. The Hall–Kier alpha value is -3.94. The van der Waals surface area contributed by atoms with Gasteiger partial charge in [0, 0.05) is 11.6 Å². The molecule has 0 N–H and O–H groups in total. The lowest BCUT2D eigenvalue weighted by molar-refractivity contribution is -0.113. The highest BCUT2D eigenvalue weighted by Gasteiger charge is 2.35. The summed E-state index contributed by atoms with van der Waals surface area (Å²) in [5.41, 5.74) is 2.07. The van der Waals surface area contributed by atoms with Crippen molar-refractivity contribution < 1.29 is 18.7 Å². The van der Waals surface area contributed by atoms with E-state index >= 15 is 0 Å². The van der Waals surface area contributed by atoms with Gasteiger partial charge in [-0.1, -0.05) is 35.9 Å². The highest BCUT2D eigenvalue weighted by molar-refractivity contribution is 8.19. The van der Waals surface area contributed by atoms with E-state index in [-0.39, 0.29) is 5.91 Å². The zero-order valence-corrected chi connectivity index (χ0v) is 21.0. The molecule has 0 spiro atoms. The molecule has 8 heteroatoms. The summed E-state index contributed by atoms with van der Waals surface area (Å²) in [5.74, 6) is 2.25. The van der Waals surface area contributed by atoms with E-state index in [1.807, 2.05) is 66.7 Å². The number of aliphatic imine (C=N–C) groups is 1. The number of amidine groups is 1. The van der Waals surface area contributed by atoms with Gasteiger partial charge in [0.1, 0.15) is 28.7 Å². The van der Waals surface area contributed by atoms with Gasteiger partial charge in [0.15, 0.2) is 5.17 Å². The van der Waals surface area contributed by atoms with Crippen LogP contribution in [-0.4, -0.2) is 25.3 Å². The van der Waals surface area contributed by atoms with Crippen molar-refractivity contribution in [2.45, 2.75) is 0 Å². The van der Waals surface area contributed by atoms with Crippen molar-refractivity contribution >= 4 is 51.9 Å². The zero-order valence-electron chi connectivity index (χ0n) is 19.5. The number of ether oxygens (including phenoxy) is 2. The maximum Gasteiger partial charge on any atom is 0.271 e. The lowest BCUT2D eigenvalue weighted by atomic mass is 10.2. The summed E-state index contributed by atoms with van der Waals surface area (Å²) in [6.45, 7) is 0. The van der Waals surface area contributed by atoms with Gasteiger partial charge in [-0.05, 0) is 72.4 Å². The summed E-state index contributed by atoms with van der Waals surface area (Å²) < 4.78 is 16.7. The Morgan fingerprint density at radius 2 is 1.67 bits per heavy atom. The average molecular weight is 517 g/mol. The Balaban J connectivity index is 1.54. The summed E-state index contributed by atoms with van der Waals surface area (Å²) in [4.78, 5) is 20.4. The first kappa shape index (κ1) is 23.8. The van der Waals surface area contributed by atoms with E-state index in [0.717, 1.165) is 5.56 Å². The molecule has 1 amide bonds. The van der Waals surface area contributed by atoms with Gasteiger partial charge >= 0.3 is 0 Å². The van der Waals surface area contributed by atoms with Gasteiger partial charge < -0.3 is 13.9 Å². The first-order valence-corrected chi connectivity index (χ1v) is 12.2. The number of hydrogen-bond donors (Lipinski definition) is 0.